The summed E-state index contributed by atoms with van der Waals surface area (Å²) in [6, 6.07) is 7.13. The Hall–Kier alpha value is -1.55. The topological polar surface area (TPSA) is 58.6 Å². The Kier molecular flexibility index (Phi) is 4.97. The molecule has 0 aliphatic rings. The van der Waals surface area contributed by atoms with Crippen LogP contribution in [0.1, 0.15) is 31.9 Å². The Morgan fingerprint density at radius 3 is 2.47 bits per heavy atom. The number of carbonyl (C=O) groups excluding carboxylic acids is 1. The van der Waals surface area contributed by atoms with Crippen molar-refractivity contribution in [2.24, 2.45) is 0 Å². The fourth-order valence-electron chi connectivity index (χ4n) is 1.47. The third-order valence-corrected chi connectivity index (χ3v) is 2.58. The van der Waals surface area contributed by atoms with Crippen molar-refractivity contribution >= 4 is 5.91 Å². The maximum atomic E-state index is 11.3. The molecule has 17 heavy (non-hydrogen) atoms. The van der Waals surface area contributed by atoms with E-state index in [1.807, 2.05) is 6.92 Å². The van der Waals surface area contributed by atoms with E-state index < -0.39 is 12.2 Å². The van der Waals surface area contributed by atoms with Gasteiger partial charge in [0.1, 0.15) is 5.75 Å². The number of likely N-dealkylation sites (N-methyl/N-ethyl adjacent to an activating group) is 1. The van der Waals surface area contributed by atoms with Gasteiger partial charge < -0.3 is 15.2 Å². The van der Waals surface area contributed by atoms with Gasteiger partial charge in [0.25, 0.3) is 5.91 Å². The van der Waals surface area contributed by atoms with Gasteiger partial charge in [-0.25, -0.2) is 0 Å². The maximum absolute atomic E-state index is 11.3. The molecule has 1 aromatic rings. The molecule has 0 aliphatic carbocycles. The number of hydrogen-bond donors (Lipinski definition) is 2. The first kappa shape index (κ1) is 13.5. The summed E-state index contributed by atoms with van der Waals surface area (Å²) in [6.07, 6.45) is -0.295. The van der Waals surface area contributed by atoms with Crippen molar-refractivity contribution in [3.05, 3.63) is 29.8 Å². The van der Waals surface area contributed by atoms with Crippen molar-refractivity contribution in [1.82, 2.24) is 5.32 Å². The third kappa shape index (κ3) is 3.75. The lowest BCUT2D eigenvalue weighted by Gasteiger charge is -2.14. The summed E-state index contributed by atoms with van der Waals surface area (Å²) in [5.41, 5.74) is 0.854. The molecule has 0 saturated carbocycles. The summed E-state index contributed by atoms with van der Waals surface area (Å²) in [5.74, 6) is 0.454. The van der Waals surface area contributed by atoms with E-state index in [9.17, 15) is 9.90 Å². The fraction of sp³-hybridized carbons (Fsp3) is 0.462. The first-order valence-corrected chi connectivity index (χ1v) is 5.74. The van der Waals surface area contributed by atoms with Crippen LogP contribution < -0.4 is 10.1 Å². The van der Waals surface area contributed by atoms with Gasteiger partial charge in [0.05, 0.1) is 6.10 Å². The lowest BCUT2D eigenvalue weighted by Crippen LogP contribution is -2.33. The number of aliphatic hydroxyl groups is 1. The molecule has 1 amide bonds. The number of nitrogens with one attached hydrogen (secondary N) is 1. The first-order chi connectivity index (χ1) is 8.08. The average molecular weight is 237 g/mol. The second-order valence-corrected chi connectivity index (χ2v) is 3.87. The van der Waals surface area contributed by atoms with Crippen molar-refractivity contribution in [2.45, 2.75) is 32.5 Å². The minimum Gasteiger partial charge on any atom is -0.481 e. The molecule has 1 unspecified atom stereocenters. The molecule has 2 N–H and O–H groups in total. The highest BCUT2D eigenvalue weighted by atomic mass is 16.5. The van der Waals surface area contributed by atoms with Crippen molar-refractivity contribution < 1.29 is 14.6 Å². The standard InChI is InChI=1S/C13H19NO3/c1-4-12(15)10-5-7-11(8-6-10)17-9(2)13(16)14-3/h5-9,12,15H,4H2,1-3H3,(H,14,16)/t9?,12-/m1/s1. The average Bonchev–Trinajstić information content (AvgIpc) is 2.37. The van der Waals surface area contributed by atoms with Crippen molar-refractivity contribution in [3.8, 4) is 5.75 Å². The highest BCUT2D eigenvalue weighted by Gasteiger charge is 2.12. The van der Waals surface area contributed by atoms with Gasteiger partial charge in [0, 0.05) is 7.05 Å². The van der Waals surface area contributed by atoms with Crippen LogP contribution in [0, 0.1) is 0 Å². The number of aliphatic hydroxyl groups excluding tert-OH is 1. The van der Waals surface area contributed by atoms with Gasteiger partial charge in [-0.3, -0.25) is 4.79 Å². The molecule has 94 valence electrons. The third-order valence-electron chi connectivity index (χ3n) is 2.58. The van der Waals surface area contributed by atoms with E-state index >= 15 is 0 Å². The summed E-state index contributed by atoms with van der Waals surface area (Å²) < 4.78 is 5.44. The quantitative estimate of drug-likeness (QED) is 0.818. The number of carbonyl (C=O) groups is 1. The zero-order valence-electron chi connectivity index (χ0n) is 10.4. The van der Waals surface area contributed by atoms with Gasteiger partial charge in [-0.15, -0.1) is 0 Å². The first-order valence-electron chi connectivity index (χ1n) is 5.74. The Morgan fingerprint density at radius 2 is 2.00 bits per heavy atom. The summed E-state index contributed by atoms with van der Waals surface area (Å²) in [5, 5.41) is 12.1. The molecular formula is C13H19NO3. The van der Waals surface area contributed by atoms with Crippen molar-refractivity contribution in [2.75, 3.05) is 7.05 Å². The van der Waals surface area contributed by atoms with E-state index in [1.165, 1.54) is 0 Å². The zero-order valence-corrected chi connectivity index (χ0v) is 10.4. The fourth-order valence-corrected chi connectivity index (χ4v) is 1.47. The van der Waals surface area contributed by atoms with Crippen LogP contribution in [-0.4, -0.2) is 24.2 Å². The predicted molar refractivity (Wildman–Crippen MR) is 65.8 cm³/mol. The SMILES string of the molecule is CC[C@@H](O)c1ccc(OC(C)C(=O)NC)cc1. The van der Waals surface area contributed by atoms with E-state index in [-0.39, 0.29) is 5.91 Å². The zero-order chi connectivity index (χ0) is 12.8. The Bertz CT molecular complexity index is 361. The van der Waals surface area contributed by atoms with E-state index in [2.05, 4.69) is 5.32 Å². The van der Waals surface area contributed by atoms with E-state index in [4.69, 9.17) is 4.74 Å². The molecule has 0 aromatic heterocycles. The highest BCUT2D eigenvalue weighted by molar-refractivity contribution is 5.80. The minimum absolute atomic E-state index is 0.164. The molecular weight excluding hydrogens is 218 g/mol. The van der Waals surface area contributed by atoms with Crippen LogP contribution in [-0.2, 0) is 4.79 Å². The lowest BCUT2D eigenvalue weighted by atomic mass is 10.1. The molecule has 0 saturated heterocycles. The van der Waals surface area contributed by atoms with Crippen molar-refractivity contribution in [3.63, 3.8) is 0 Å². The second-order valence-electron chi connectivity index (χ2n) is 3.87. The van der Waals surface area contributed by atoms with Crippen LogP contribution in [0.25, 0.3) is 0 Å². The normalized spacial score (nSPS) is 13.9. The van der Waals surface area contributed by atoms with Gasteiger partial charge in [-0.1, -0.05) is 19.1 Å². The molecule has 0 heterocycles. The molecule has 1 aromatic carbocycles. The van der Waals surface area contributed by atoms with Crippen LogP contribution in [0.3, 0.4) is 0 Å². The molecule has 1 rings (SSSR count). The number of hydrogen-bond acceptors (Lipinski definition) is 3. The van der Waals surface area contributed by atoms with Crippen LogP contribution in [0.15, 0.2) is 24.3 Å². The largest absolute Gasteiger partial charge is 0.481 e. The molecule has 0 fully saturated rings. The Balaban J connectivity index is 2.65. The van der Waals surface area contributed by atoms with Gasteiger partial charge in [-0.2, -0.15) is 0 Å². The molecule has 0 bridgehead atoms. The van der Waals surface area contributed by atoms with Gasteiger partial charge in [0.2, 0.25) is 0 Å². The lowest BCUT2D eigenvalue weighted by molar-refractivity contribution is -0.126. The smallest absolute Gasteiger partial charge is 0.260 e. The predicted octanol–water partition coefficient (Wildman–Crippen LogP) is 1.64. The van der Waals surface area contributed by atoms with Crippen LogP contribution in [0.5, 0.6) is 5.75 Å². The van der Waals surface area contributed by atoms with Crippen LogP contribution in [0.2, 0.25) is 0 Å². The molecule has 0 radical (unpaired) electrons. The van der Waals surface area contributed by atoms with Gasteiger partial charge in [0.15, 0.2) is 6.10 Å². The van der Waals surface area contributed by atoms with Crippen LogP contribution >= 0.6 is 0 Å². The van der Waals surface area contributed by atoms with Gasteiger partial charge in [-0.05, 0) is 31.0 Å². The number of benzene rings is 1. The van der Waals surface area contributed by atoms with Crippen LogP contribution in [0.4, 0.5) is 0 Å². The summed E-state index contributed by atoms with van der Waals surface area (Å²) in [4.78, 5) is 11.3. The summed E-state index contributed by atoms with van der Waals surface area (Å²) >= 11 is 0. The summed E-state index contributed by atoms with van der Waals surface area (Å²) in [7, 11) is 1.57. The monoisotopic (exact) mass is 237 g/mol. The molecule has 2 atom stereocenters. The Morgan fingerprint density at radius 1 is 1.41 bits per heavy atom. The molecule has 0 spiro atoms. The van der Waals surface area contributed by atoms with Gasteiger partial charge >= 0.3 is 0 Å². The number of amides is 1. The number of rotatable bonds is 5. The maximum Gasteiger partial charge on any atom is 0.260 e. The summed E-state index contributed by atoms with van der Waals surface area (Å²) in [6.45, 7) is 3.61. The second kappa shape index (κ2) is 6.25. The Labute approximate surface area is 102 Å². The number of ether oxygens (including phenoxy) is 1. The van der Waals surface area contributed by atoms with Crippen molar-refractivity contribution in [1.29, 1.82) is 0 Å². The van der Waals surface area contributed by atoms with E-state index in [1.54, 1.807) is 38.2 Å². The highest BCUT2D eigenvalue weighted by Crippen LogP contribution is 2.20. The molecule has 4 heteroatoms. The molecule has 4 nitrogen and oxygen atoms in total. The molecule has 0 aliphatic heterocycles. The minimum atomic E-state index is -0.526. The van der Waals surface area contributed by atoms with E-state index in [0.717, 1.165) is 5.56 Å². The van der Waals surface area contributed by atoms with E-state index in [0.29, 0.717) is 12.2 Å².